The molecule has 2 nitrogen and oxygen atoms in total. The summed E-state index contributed by atoms with van der Waals surface area (Å²) in [6.45, 7) is 2.27. The zero-order valence-electron chi connectivity index (χ0n) is 10.0. The van der Waals surface area contributed by atoms with Gasteiger partial charge in [0.2, 0.25) is 0 Å². The molecule has 0 aliphatic carbocycles. The molecule has 0 amide bonds. The van der Waals surface area contributed by atoms with Crippen molar-refractivity contribution in [2.75, 3.05) is 0 Å². The molecule has 2 aromatic rings. The fourth-order valence-electron chi connectivity index (χ4n) is 1.71. The zero-order chi connectivity index (χ0) is 13.0. The molecule has 0 saturated heterocycles. The minimum atomic E-state index is 0.290. The maximum absolute atomic E-state index is 10.9. The minimum Gasteiger partial charge on any atom is -0.489 e. The first-order chi connectivity index (χ1) is 8.72. The van der Waals surface area contributed by atoms with Crippen LogP contribution >= 0.6 is 11.6 Å². The van der Waals surface area contributed by atoms with E-state index in [-0.39, 0.29) is 0 Å². The maximum Gasteiger partial charge on any atom is 0.150 e. The SMILES string of the molecule is Cc1ccccc1OCc1c(Cl)cccc1C=O. The molecule has 0 bridgehead atoms. The van der Waals surface area contributed by atoms with Crippen molar-refractivity contribution in [1.82, 2.24) is 0 Å². The van der Waals surface area contributed by atoms with Crippen molar-refractivity contribution in [2.45, 2.75) is 13.5 Å². The summed E-state index contributed by atoms with van der Waals surface area (Å²) in [7, 11) is 0. The Bertz CT molecular complexity index is 564. The van der Waals surface area contributed by atoms with Crippen LogP contribution < -0.4 is 4.74 Å². The van der Waals surface area contributed by atoms with E-state index in [2.05, 4.69) is 0 Å². The molecule has 2 aromatic carbocycles. The van der Waals surface area contributed by atoms with E-state index in [0.717, 1.165) is 23.2 Å². The third-order valence-corrected chi connectivity index (χ3v) is 3.10. The summed E-state index contributed by atoms with van der Waals surface area (Å²) in [5.41, 5.74) is 2.34. The van der Waals surface area contributed by atoms with Gasteiger partial charge in [-0.05, 0) is 24.6 Å². The predicted molar refractivity (Wildman–Crippen MR) is 72.4 cm³/mol. The van der Waals surface area contributed by atoms with Gasteiger partial charge in [-0.1, -0.05) is 41.9 Å². The summed E-state index contributed by atoms with van der Waals surface area (Å²) in [5, 5.41) is 0.549. The van der Waals surface area contributed by atoms with Crippen LogP contribution in [0.3, 0.4) is 0 Å². The van der Waals surface area contributed by atoms with Crippen molar-refractivity contribution in [2.24, 2.45) is 0 Å². The average molecular weight is 261 g/mol. The molecular formula is C15H13ClO2. The second-order valence-electron chi connectivity index (χ2n) is 3.98. The first-order valence-corrected chi connectivity index (χ1v) is 6.01. The fourth-order valence-corrected chi connectivity index (χ4v) is 1.94. The van der Waals surface area contributed by atoms with Crippen LogP contribution in [-0.2, 0) is 6.61 Å². The number of rotatable bonds is 4. The van der Waals surface area contributed by atoms with E-state index in [1.165, 1.54) is 0 Å². The van der Waals surface area contributed by atoms with E-state index in [0.29, 0.717) is 17.2 Å². The maximum atomic E-state index is 10.9. The molecule has 0 aliphatic heterocycles. The normalized spacial score (nSPS) is 10.1. The Kier molecular flexibility index (Phi) is 4.00. The molecule has 0 unspecified atom stereocenters. The van der Waals surface area contributed by atoms with Gasteiger partial charge in [0.15, 0.2) is 6.29 Å². The van der Waals surface area contributed by atoms with E-state index < -0.39 is 0 Å². The average Bonchev–Trinajstić information content (AvgIpc) is 2.39. The topological polar surface area (TPSA) is 26.3 Å². The van der Waals surface area contributed by atoms with Gasteiger partial charge in [0.1, 0.15) is 12.4 Å². The van der Waals surface area contributed by atoms with E-state index in [1.807, 2.05) is 31.2 Å². The molecular weight excluding hydrogens is 248 g/mol. The van der Waals surface area contributed by atoms with E-state index >= 15 is 0 Å². The first kappa shape index (κ1) is 12.7. The Morgan fingerprint density at radius 3 is 2.67 bits per heavy atom. The van der Waals surface area contributed by atoms with Crippen LogP contribution in [0.1, 0.15) is 21.5 Å². The first-order valence-electron chi connectivity index (χ1n) is 5.63. The smallest absolute Gasteiger partial charge is 0.150 e. The Morgan fingerprint density at radius 1 is 1.17 bits per heavy atom. The van der Waals surface area contributed by atoms with Gasteiger partial charge in [-0.2, -0.15) is 0 Å². The van der Waals surface area contributed by atoms with Gasteiger partial charge in [-0.15, -0.1) is 0 Å². The zero-order valence-corrected chi connectivity index (χ0v) is 10.8. The minimum absolute atomic E-state index is 0.290. The van der Waals surface area contributed by atoms with Gasteiger partial charge in [0, 0.05) is 16.1 Å². The van der Waals surface area contributed by atoms with Crippen LogP contribution in [0.4, 0.5) is 0 Å². The second-order valence-corrected chi connectivity index (χ2v) is 4.39. The van der Waals surface area contributed by atoms with Crippen LogP contribution in [0, 0.1) is 6.92 Å². The molecule has 0 aromatic heterocycles. The summed E-state index contributed by atoms with van der Waals surface area (Å²) in [5.74, 6) is 0.800. The summed E-state index contributed by atoms with van der Waals surface area (Å²) in [6.07, 6.45) is 0.794. The summed E-state index contributed by atoms with van der Waals surface area (Å²) >= 11 is 6.08. The largest absolute Gasteiger partial charge is 0.489 e. The highest BCUT2D eigenvalue weighted by molar-refractivity contribution is 6.31. The number of benzene rings is 2. The van der Waals surface area contributed by atoms with Crippen molar-refractivity contribution in [3.8, 4) is 5.75 Å². The number of aldehydes is 1. The summed E-state index contributed by atoms with van der Waals surface area (Å²) in [6, 6.07) is 13.0. The van der Waals surface area contributed by atoms with Gasteiger partial charge in [-0.3, -0.25) is 4.79 Å². The molecule has 3 heteroatoms. The van der Waals surface area contributed by atoms with E-state index in [4.69, 9.17) is 16.3 Å². The summed E-state index contributed by atoms with van der Waals surface area (Å²) < 4.78 is 5.70. The molecule has 0 radical (unpaired) electrons. The molecule has 0 N–H and O–H groups in total. The molecule has 0 fully saturated rings. The highest BCUT2D eigenvalue weighted by Gasteiger charge is 2.07. The Labute approximate surface area is 111 Å². The fraction of sp³-hybridized carbons (Fsp3) is 0.133. The number of ether oxygens (including phenoxy) is 1. The molecule has 18 heavy (non-hydrogen) atoms. The van der Waals surface area contributed by atoms with Crippen molar-refractivity contribution >= 4 is 17.9 Å². The lowest BCUT2D eigenvalue weighted by Gasteiger charge is -2.11. The Morgan fingerprint density at radius 2 is 1.94 bits per heavy atom. The molecule has 0 aliphatic rings. The van der Waals surface area contributed by atoms with Crippen LogP contribution in [-0.4, -0.2) is 6.29 Å². The number of para-hydroxylation sites is 1. The molecule has 0 heterocycles. The van der Waals surface area contributed by atoms with E-state index in [1.54, 1.807) is 18.2 Å². The van der Waals surface area contributed by atoms with Crippen molar-refractivity contribution in [1.29, 1.82) is 0 Å². The van der Waals surface area contributed by atoms with Crippen molar-refractivity contribution in [3.05, 3.63) is 64.2 Å². The number of aryl methyl sites for hydroxylation is 1. The highest BCUT2D eigenvalue weighted by Crippen LogP contribution is 2.23. The highest BCUT2D eigenvalue weighted by atomic mass is 35.5. The Hall–Kier alpha value is -1.80. The lowest BCUT2D eigenvalue weighted by Crippen LogP contribution is -2.01. The molecule has 92 valence electrons. The van der Waals surface area contributed by atoms with Gasteiger partial charge in [0.05, 0.1) is 0 Å². The second kappa shape index (κ2) is 5.69. The number of hydrogen-bond acceptors (Lipinski definition) is 2. The van der Waals surface area contributed by atoms with Crippen LogP contribution in [0.15, 0.2) is 42.5 Å². The van der Waals surface area contributed by atoms with Crippen molar-refractivity contribution < 1.29 is 9.53 Å². The molecule has 0 spiro atoms. The number of hydrogen-bond donors (Lipinski definition) is 0. The predicted octanol–water partition coefficient (Wildman–Crippen LogP) is 4.04. The quantitative estimate of drug-likeness (QED) is 0.776. The lowest BCUT2D eigenvalue weighted by atomic mass is 10.1. The molecule has 2 rings (SSSR count). The number of carbonyl (C=O) groups is 1. The van der Waals surface area contributed by atoms with E-state index in [9.17, 15) is 4.79 Å². The number of carbonyl (C=O) groups excluding carboxylic acids is 1. The standard InChI is InChI=1S/C15H13ClO2/c1-11-5-2-3-8-15(11)18-10-13-12(9-17)6-4-7-14(13)16/h2-9H,10H2,1H3. The summed E-state index contributed by atoms with van der Waals surface area (Å²) in [4.78, 5) is 10.9. The van der Waals surface area contributed by atoms with Gasteiger partial charge < -0.3 is 4.74 Å². The molecule has 0 saturated carbocycles. The number of halogens is 1. The van der Waals surface area contributed by atoms with Crippen molar-refractivity contribution in [3.63, 3.8) is 0 Å². The monoisotopic (exact) mass is 260 g/mol. The lowest BCUT2D eigenvalue weighted by molar-refractivity contribution is 0.112. The van der Waals surface area contributed by atoms with Gasteiger partial charge in [0.25, 0.3) is 0 Å². The van der Waals surface area contributed by atoms with Crippen LogP contribution in [0.5, 0.6) is 5.75 Å². The molecule has 0 atom stereocenters. The Balaban J connectivity index is 2.21. The van der Waals surface area contributed by atoms with Gasteiger partial charge in [-0.25, -0.2) is 0 Å². The third-order valence-electron chi connectivity index (χ3n) is 2.75. The van der Waals surface area contributed by atoms with Crippen LogP contribution in [0.25, 0.3) is 0 Å². The van der Waals surface area contributed by atoms with Crippen LogP contribution in [0.2, 0.25) is 5.02 Å². The third kappa shape index (κ3) is 2.71. The van der Waals surface area contributed by atoms with Gasteiger partial charge >= 0.3 is 0 Å².